The standard InChI is InChI=1S/C11H15Cl2NO3S/c1-7(15)11(2,3)14-18(16,17)9-6-4-5-8(12)10(9)13/h4-7,14-15H,1-3H3. The van der Waals surface area contributed by atoms with Crippen LogP contribution in [-0.2, 0) is 10.0 Å². The van der Waals surface area contributed by atoms with Crippen LogP contribution in [0.5, 0.6) is 0 Å². The maximum atomic E-state index is 12.2. The summed E-state index contributed by atoms with van der Waals surface area (Å²) in [5, 5.41) is 9.66. The maximum Gasteiger partial charge on any atom is 0.242 e. The Morgan fingerprint density at radius 2 is 1.89 bits per heavy atom. The zero-order chi connectivity index (χ0) is 14.1. The van der Waals surface area contributed by atoms with Gasteiger partial charge in [-0.05, 0) is 32.9 Å². The van der Waals surface area contributed by atoms with E-state index in [-0.39, 0.29) is 14.9 Å². The van der Waals surface area contributed by atoms with E-state index in [1.807, 2.05) is 0 Å². The predicted molar refractivity (Wildman–Crippen MR) is 72.5 cm³/mol. The molecule has 1 aromatic carbocycles. The Morgan fingerprint density at radius 3 is 2.39 bits per heavy atom. The number of sulfonamides is 1. The van der Waals surface area contributed by atoms with Gasteiger partial charge in [0.1, 0.15) is 4.90 Å². The van der Waals surface area contributed by atoms with Crippen LogP contribution in [0.25, 0.3) is 0 Å². The minimum Gasteiger partial charge on any atom is -0.391 e. The number of hydrogen-bond donors (Lipinski definition) is 2. The fourth-order valence-electron chi connectivity index (χ4n) is 1.18. The topological polar surface area (TPSA) is 66.4 Å². The summed E-state index contributed by atoms with van der Waals surface area (Å²) in [5.41, 5.74) is -1.01. The molecule has 1 rings (SSSR count). The third kappa shape index (κ3) is 3.36. The molecule has 0 bridgehead atoms. The number of halogens is 2. The van der Waals surface area contributed by atoms with E-state index in [1.165, 1.54) is 25.1 Å². The molecule has 18 heavy (non-hydrogen) atoms. The molecule has 0 radical (unpaired) electrons. The second-order valence-corrected chi connectivity index (χ2v) is 6.99. The molecule has 7 heteroatoms. The Morgan fingerprint density at radius 1 is 1.33 bits per heavy atom. The van der Waals surface area contributed by atoms with Crippen LogP contribution in [0.4, 0.5) is 0 Å². The number of rotatable bonds is 4. The monoisotopic (exact) mass is 311 g/mol. The van der Waals surface area contributed by atoms with Crippen molar-refractivity contribution in [3.63, 3.8) is 0 Å². The quantitative estimate of drug-likeness (QED) is 0.897. The lowest BCUT2D eigenvalue weighted by atomic mass is 10.0. The van der Waals surface area contributed by atoms with Crippen LogP contribution in [-0.4, -0.2) is 25.2 Å². The summed E-state index contributed by atoms with van der Waals surface area (Å²) in [5.74, 6) is 0. The SMILES string of the molecule is CC(O)C(C)(C)NS(=O)(=O)c1cccc(Cl)c1Cl. The Balaban J connectivity index is 3.20. The second kappa shape index (κ2) is 5.35. The molecule has 0 saturated carbocycles. The van der Waals surface area contributed by atoms with Crippen molar-refractivity contribution in [2.45, 2.75) is 37.3 Å². The molecule has 0 saturated heterocycles. The average molecular weight is 312 g/mol. The first-order valence-electron chi connectivity index (χ1n) is 5.24. The van der Waals surface area contributed by atoms with E-state index in [0.717, 1.165) is 0 Å². The van der Waals surface area contributed by atoms with Crippen molar-refractivity contribution in [3.8, 4) is 0 Å². The van der Waals surface area contributed by atoms with Crippen LogP contribution < -0.4 is 4.72 Å². The fourth-order valence-corrected chi connectivity index (χ4v) is 3.42. The van der Waals surface area contributed by atoms with Gasteiger partial charge in [0, 0.05) is 0 Å². The summed E-state index contributed by atoms with van der Waals surface area (Å²) in [6.07, 6.45) is -0.856. The highest BCUT2D eigenvalue weighted by Gasteiger charge is 2.31. The van der Waals surface area contributed by atoms with E-state index in [4.69, 9.17) is 23.2 Å². The van der Waals surface area contributed by atoms with E-state index >= 15 is 0 Å². The van der Waals surface area contributed by atoms with Crippen molar-refractivity contribution >= 4 is 33.2 Å². The normalized spacial score (nSPS) is 14.6. The van der Waals surface area contributed by atoms with Gasteiger partial charge in [-0.1, -0.05) is 29.3 Å². The molecule has 4 nitrogen and oxygen atoms in total. The van der Waals surface area contributed by atoms with Gasteiger partial charge in [-0.15, -0.1) is 0 Å². The third-order valence-corrected chi connectivity index (χ3v) is 5.29. The van der Waals surface area contributed by atoms with Gasteiger partial charge in [0.2, 0.25) is 10.0 Å². The van der Waals surface area contributed by atoms with Crippen molar-refractivity contribution in [3.05, 3.63) is 28.2 Å². The van der Waals surface area contributed by atoms with Crippen LogP contribution in [0.1, 0.15) is 20.8 Å². The van der Waals surface area contributed by atoms with Gasteiger partial charge in [-0.3, -0.25) is 0 Å². The van der Waals surface area contributed by atoms with Crippen molar-refractivity contribution in [2.24, 2.45) is 0 Å². The largest absolute Gasteiger partial charge is 0.391 e. The summed E-state index contributed by atoms with van der Waals surface area (Å²) in [4.78, 5) is -0.106. The summed E-state index contributed by atoms with van der Waals surface area (Å²) in [6, 6.07) is 4.36. The second-order valence-electron chi connectivity index (χ2n) is 4.56. The first-order valence-corrected chi connectivity index (χ1v) is 7.48. The van der Waals surface area contributed by atoms with E-state index in [0.29, 0.717) is 0 Å². The Hall–Kier alpha value is -0.330. The molecule has 0 aliphatic heterocycles. The third-order valence-electron chi connectivity index (χ3n) is 2.65. The van der Waals surface area contributed by atoms with E-state index in [9.17, 15) is 13.5 Å². The van der Waals surface area contributed by atoms with E-state index in [1.54, 1.807) is 13.8 Å². The lowest BCUT2D eigenvalue weighted by molar-refractivity contribution is 0.111. The van der Waals surface area contributed by atoms with Crippen molar-refractivity contribution < 1.29 is 13.5 Å². The molecule has 0 spiro atoms. The number of aliphatic hydroxyl groups excluding tert-OH is 1. The number of nitrogens with one attached hydrogen (secondary N) is 1. The number of aliphatic hydroxyl groups is 1. The van der Waals surface area contributed by atoms with E-state index in [2.05, 4.69) is 4.72 Å². The molecule has 1 atom stereocenters. The Kier molecular flexibility index (Phi) is 4.67. The minimum absolute atomic E-state index is 0.0342. The van der Waals surface area contributed by atoms with Crippen molar-refractivity contribution in [1.29, 1.82) is 0 Å². The van der Waals surface area contributed by atoms with Gasteiger partial charge in [0.25, 0.3) is 0 Å². The number of hydrogen-bond acceptors (Lipinski definition) is 3. The summed E-state index contributed by atoms with van der Waals surface area (Å²) in [7, 11) is -3.84. The Bertz CT molecular complexity index is 541. The first-order chi connectivity index (χ1) is 8.08. The van der Waals surface area contributed by atoms with Gasteiger partial charge in [0.15, 0.2) is 0 Å². The fraction of sp³-hybridized carbons (Fsp3) is 0.455. The van der Waals surface area contributed by atoms with Gasteiger partial charge in [-0.2, -0.15) is 0 Å². The minimum atomic E-state index is -3.84. The molecule has 102 valence electrons. The van der Waals surface area contributed by atoms with E-state index < -0.39 is 21.7 Å². The van der Waals surface area contributed by atoms with Gasteiger partial charge >= 0.3 is 0 Å². The molecule has 0 aromatic heterocycles. The summed E-state index contributed by atoms with van der Waals surface area (Å²) < 4.78 is 26.7. The van der Waals surface area contributed by atoms with Crippen LogP contribution >= 0.6 is 23.2 Å². The van der Waals surface area contributed by atoms with Gasteiger partial charge in [-0.25, -0.2) is 13.1 Å². The smallest absolute Gasteiger partial charge is 0.242 e. The van der Waals surface area contributed by atoms with Crippen LogP contribution in [0.3, 0.4) is 0 Å². The number of benzene rings is 1. The summed E-state index contributed by atoms with van der Waals surface area (Å²) in [6.45, 7) is 4.66. The molecule has 0 fully saturated rings. The maximum absolute atomic E-state index is 12.2. The zero-order valence-corrected chi connectivity index (χ0v) is 12.6. The molecule has 1 aromatic rings. The molecular weight excluding hydrogens is 297 g/mol. The molecule has 1 unspecified atom stereocenters. The first kappa shape index (κ1) is 15.7. The van der Waals surface area contributed by atoms with Crippen molar-refractivity contribution in [2.75, 3.05) is 0 Å². The molecule has 0 aliphatic carbocycles. The molecular formula is C11H15Cl2NO3S. The highest BCUT2D eigenvalue weighted by atomic mass is 35.5. The summed E-state index contributed by atoms with van der Waals surface area (Å²) >= 11 is 11.7. The van der Waals surface area contributed by atoms with Crippen molar-refractivity contribution in [1.82, 2.24) is 4.72 Å². The van der Waals surface area contributed by atoms with Crippen LogP contribution in [0.15, 0.2) is 23.1 Å². The average Bonchev–Trinajstić information content (AvgIpc) is 2.20. The zero-order valence-electron chi connectivity index (χ0n) is 10.2. The molecule has 0 aliphatic rings. The van der Waals surface area contributed by atoms with Crippen LogP contribution in [0.2, 0.25) is 10.0 Å². The van der Waals surface area contributed by atoms with Crippen LogP contribution in [0, 0.1) is 0 Å². The lowest BCUT2D eigenvalue weighted by Crippen LogP contribution is -2.50. The van der Waals surface area contributed by atoms with Gasteiger partial charge in [0.05, 0.1) is 21.7 Å². The molecule has 2 N–H and O–H groups in total. The Labute approximate surface area is 117 Å². The molecule has 0 heterocycles. The highest BCUT2D eigenvalue weighted by molar-refractivity contribution is 7.89. The molecule has 0 amide bonds. The lowest BCUT2D eigenvalue weighted by Gasteiger charge is -2.29. The highest BCUT2D eigenvalue weighted by Crippen LogP contribution is 2.29. The predicted octanol–water partition coefficient (Wildman–Crippen LogP) is 2.43. The van der Waals surface area contributed by atoms with Gasteiger partial charge < -0.3 is 5.11 Å².